The Labute approximate surface area is 100.0 Å². The van der Waals surface area contributed by atoms with E-state index in [0.717, 1.165) is 13.0 Å². The van der Waals surface area contributed by atoms with Crippen LogP contribution in [0.25, 0.3) is 0 Å². The minimum absolute atomic E-state index is 0.305. The van der Waals surface area contributed by atoms with Crippen LogP contribution in [0, 0.1) is 0 Å². The van der Waals surface area contributed by atoms with Crippen LogP contribution in [0.3, 0.4) is 0 Å². The fourth-order valence-corrected chi connectivity index (χ4v) is 1.61. The van der Waals surface area contributed by atoms with Crippen molar-refractivity contribution in [3.05, 3.63) is 16.1 Å². The van der Waals surface area contributed by atoms with Crippen molar-refractivity contribution in [3.63, 3.8) is 0 Å². The molecule has 0 fully saturated rings. The molecule has 1 rings (SSSR count). The number of hydrogen-bond donors (Lipinski definition) is 2. The van der Waals surface area contributed by atoms with Crippen molar-refractivity contribution < 1.29 is 0 Å². The smallest absolute Gasteiger partial charge is 0.147 e. The molecule has 1 aromatic rings. The summed E-state index contributed by atoms with van der Waals surface area (Å²) in [6.07, 6.45) is 3.47. The Balaban J connectivity index is 2.57. The van der Waals surface area contributed by atoms with Crippen molar-refractivity contribution in [1.82, 2.24) is 4.98 Å². The largest absolute Gasteiger partial charge is 0.382 e. The number of nitrogens with zero attached hydrogens (tertiary/aromatic N) is 1. The van der Waals surface area contributed by atoms with Crippen LogP contribution in [0.2, 0.25) is 10.0 Å². The first kappa shape index (κ1) is 12.4. The Kier molecular flexibility index (Phi) is 4.99. The molecule has 0 atom stereocenters. The van der Waals surface area contributed by atoms with Crippen LogP contribution in [0.1, 0.15) is 26.2 Å². The third-order valence-electron chi connectivity index (χ3n) is 2.03. The summed E-state index contributed by atoms with van der Waals surface area (Å²) in [5, 5.41) is 4.03. The Morgan fingerprint density at radius 1 is 1.33 bits per heavy atom. The molecule has 0 unspecified atom stereocenters. The maximum Gasteiger partial charge on any atom is 0.147 e. The third kappa shape index (κ3) is 3.76. The maximum atomic E-state index is 5.95. The summed E-state index contributed by atoms with van der Waals surface area (Å²) in [5.41, 5.74) is 5.58. The van der Waals surface area contributed by atoms with Gasteiger partial charge in [-0.05, 0) is 12.5 Å². The lowest BCUT2D eigenvalue weighted by Gasteiger charge is -2.08. The SMILES string of the molecule is CCCCCNc1nc(N)c(Cl)cc1Cl. The number of anilines is 2. The van der Waals surface area contributed by atoms with Gasteiger partial charge in [0.15, 0.2) is 0 Å². The molecule has 0 amide bonds. The highest BCUT2D eigenvalue weighted by Crippen LogP contribution is 2.27. The second-order valence-electron chi connectivity index (χ2n) is 3.32. The van der Waals surface area contributed by atoms with E-state index in [9.17, 15) is 0 Å². The summed E-state index contributed by atoms with van der Waals surface area (Å²) >= 11 is 11.7. The zero-order valence-corrected chi connectivity index (χ0v) is 10.2. The molecule has 3 nitrogen and oxygen atoms in total. The van der Waals surface area contributed by atoms with E-state index in [4.69, 9.17) is 28.9 Å². The highest BCUT2D eigenvalue weighted by atomic mass is 35.5. The van der Waals surface area contributed by atoms with Gasteiger partial charge in [0.2, 0.25) is 0 Å². The van der Waals surface area contributed by atoms with E-state index >= 15 is 0 Å². The number of halogens is 2. The Morgan fingerprint density at radius 3 is 2.73 bits per heavy atom. The lowest BCUT2D eigenvalue weighted by molar-refractivity contribution is 0.742. The molecule has 3 N–H and O–H groups in total. The molecule has 0 aliphatic rings. The number of aromatic nitrogens is 1. The fraction of sp³-hybridized carbons (Fsp3) is 0.500. The van der Waals surface area contributed by atoms with Gasteiger partial charge in [-0.15, -0.1) is 0 Å². The first-order valence-corrected chi connectivity index (χ1v) is 5.76. The van der Waals surface area contributed by atoms with E-state index in [-0.39, 0.29) is 0 Å². The Bertz CT molecular complexity index is 329. The molecule has 1 aromatic heterocycles. The van der Waals surface area contributed by atoms with Crippen molar-refractivity contribution in [2.24, 2.45) is 0 Å². The third-order valence-corrected chi connectivity index (χ3v) is 2.62. The molecule has 84 valence electrons. The zero-order valence-electron chi connectivity index (χ0n) is 8.69. The lowest BCUT2D eigenvalue weighted by atomic mass is 10.2. The number of hydrogen-bond acceptors (Lipinski definition) is 3. The highest BCUT2D eigenvalue weighted by molar-refractivity contribution is 6.37. The van der Waals surface area contributed by atoms with Gasteiger partial charge in [-0.2, -0.15) is 0 Å². The van der Waals surface area contributed by atoms with E-state index in [0.29, 0.717) is 21.7 Å². The summed E-state index contributed by atoms with van der Waals surface area (Å²) in [5.74, 6) is 0.911. The number of nitrogens with two attached hydrogens (primary N) is 1. The minimum atomic E-state index is 0.305. The number of unbranched alkanes of at least 4 members (excludes halogenated alkanes) is 2. The molecule has 0 aliphatic heterocycles. The normalized spacial score (nSPS) is 10.3. The van der Waals surface area contributed by atoms with Gasteiger partial charge >= 0.3 is 0 Å². The standard InChI is InChI=1S/C10H15Cl2N3/c1-2-3-4-5-14-10-8(12)6-7(11)9(13)15-10/h6H,2-5H2,1H3,(H3,13,14,15). The van der Waals surface area contributed by atoms with Crippen LogP contribution in [-0.2, 0) is 0 Å². The van der Waals surface area contributed by atoms with Crippen LogP contribution in [-0.4, -0.2) is 11.5 Å². The van der Waals surface area contributed by atoms with Crippen molar-refractivity contribution in [1.29, 1.82) is 0 Å². The number of nitrogen functional groups attached to an aromatic ring is 1. The van der Waals surface area contributed by atoms with E-state index in [1.807, 2.05) is 0 Å². The number of pyridine rings is 1. The molecule has 15 heavy (non-hydrogen) atoms. The molecule has 0 saturated carbocycles. The molecule has 0 bridgehead atoms. The van der Waals surface area contributed by atoms with Crippen molar-refractivity contribution >= 4 is 34.8 Å². The number of rotatable bonds is 5. The van der Waals surface area contributed by atoms with Gasteiger partial charge < -0.3 is 11.1 Å². The van der Waals surface area contributed by atoms with Gasteiger partial charge in [0.25, 0.3) is 0 Å². The molecular formula is C10H15Cl2N3. The van der Waals surface area contributed by atoms with Crippen molar-refractivity contribution in [2.75, 3.05) is 17.6 Å². The van der Waals surface area contributed by atoms with Crippen LogP contribution >= 0.6 is 23.2 Å². The summed E-state index contributed by atoms with van der Waals surface area (Å²) in [6.45, 7) is 3.01. The number of nitrogens with one attached hydrogen (secondary N) is 1. The van der Waals surface area contributed by atoms with Gasteiger partial charge in [-0.25, -0.2) is 4.98 Å². The Hall–Kier alpha value is -0.670. The summed E-state index contributed by atoms with van der Waals surface area (Å²) in [4.78, 5) is 4.07. The summed E-state index contributed by atoms with van der Waals surface area (Å²) in [6, 6.07) is 1.60. The quantitative estimate of drug-likeness (QED) is 0.783. The average Bonchev–Trinajstić information content (AvgIpc) is 2.20. The second kappa shape index (κ2) is 6.03. The van der Waals surface area contributed by atoms with Crippen LogP contribution < -0.4 is 11.1 Å². The van der Waals surface area contributed by atoms with Crippen molar-refractivity contribution in [2.45, 2.75) is 26.2 Å². The van der Waals surface area contributed by atoms with E-state index in [2.05, 4.69) is 17.2 Å². The van der Waals surface area contributed by atoms with E-state index in [1.54, 1.807) is 6.07 Å². The second-order valence-corrected chi connectivity index (χ2v) is 4.13. The predicted octanol–water partition coefficient (Wildman–Crippen LogP) is 3.57. The average molecular weight is 248 g/mol. The van der Waals surface area contributed by atoms with E-state index in [1.165, 1.54) is 12.8 Å². The lowest BCUT2D eigenvalue weighted by Crippen LogP contribution is -2.05. The first-order valence-electron chi connectivity index (χ1n) is 5.00. The molecular weight excluding hydrogens is 233 g/mol. The molecule has 5 heteroatoms. The highest BCUT2D eigenvalue weighted by Gasteiger charge is 2.05. The minimum Gasteiger partial charge on any atom is -0.382 e. The molecule has 1 heterocycles. The first-order chi connectivity index (χ1) is 7.15. The Morgan fingerprint density at radius 2 is 2.07 bits per heavy atom. The van der Waals surface area contributed by atoms with Gasteiger partial charge in [-0.1, -0.05) is 43.0 Å². The molecule has 0 saturated heterocycles. The predicted molar refractivity (Wildman–Crippen MR) is 66.7 cm³/mol. The summed E-state index contributed by atoms with van der Waals surface area (Å²) < 4.78 is 0. The maximum absolute atomic E-state index is 5.95. The molecule has 0 spiro atoms. The van der Waals surface area contributed by atoms with E-state index < -0.39 is 0 Å². The molecule has 0 aromatic carbocycles. The van der Waals surface area contributed by atoms with Gasteiger partial charge in [0, 0.05) is 6.54 Å². The van der Waals surface area contributed by atoms with Crippen molar-refractivity contribution in [3.8, 4) is 0 Å². The van der Waals surface area contributed by atoms with Crippen LogP contribution in [0.15, 0.2) is 6.07 Å². The van der Waals surface area contributed by atoms with Gasteiger partial charge in [0.05, 0.1) is 10.0 Å². The fourth-order valence-electron chi connectivity index (χ4n) is 1.19. The van der Waals surface area contributed by atoms with Crippen LogP contribution in [0.5, 0.6) is 0 Å². The molecule has 0 radical (unpaired) electrons. The topological polar surface area (TPSA) is 50.9 Å². The zero-order chi connectivity index (χ0) is 11.3. The van der Waals surface area contributed by atoms with Gasteiger partial charge in [-0.3, -0.25) is 0 Å². The van der Waals surface area contributed by atoms with Gasteiger partial charge in [0.1, 0.15) is 11.6 Å². The summed E-state index contributed by atoms with van der Waals surface area (Å²) in [7, 11) is 0. The molecule has 0 aliphatic carbocycles. The van der Waals surface area contributed by atoms with Crippen LogP contribution in [0.4, 0.5) is 11.6 Å². The monoisotopic (exact) mass is 247 g/mol.